The number of hydrogen-bond acceptors (Lipinski definition) is 3. The van der Waals surface area contributed by atoms with Gasteiger partial charge in [-0.25, -0.2) is 0 Å². The summed E-state index contributed by atoms with van der Waals surface area (Å²) in [6.45, 7) is 1.14. The Hall–Kier alpha value is -0.820. The predicted octanol–water partition coefficient (Wildman–Crippen LogP) is 1.18. The van der Waals surface area contributed by atoms with Crippen LogP contribution in [0.1, 0.15) is 19.8 Å². The average Bonchev–Trinajstić information content (AvgIpc) is 2.72. The maximum absolute atomic E-state index is 11.8. The van der Waals surface area contributed by atoms with Gasteiger partial charge in [0.1, 0.15) is 6.61 Å². The molecule has 0 aromatic rings. The molecule has 2 unspecified atom stereocenters. The summed E-state index contributed by atoms with van der Waals surface area (Å²) >= 11 is 0. The molecule has 0 aliphatic carbocycles. The molecule has 0 bridgehead atoms. The van der Waals surface area contributed by atoms with Crippen LogP contribution in [0.15, 0.2) is 0 Å². The molecule has 2 atom stereocenters. The Labute approximate surface area is 104 Å². The van der Waals surface area contributed by atoms with Crippen molar-refractivity contribution < 1.29 is 27.8 Å². The Morgan fingerprint density at radius 1 is 1.56 bits per heavy atom. The molecule has 1 saturated heterocycles. The molecule has 0 spiro atoms. The first-order chi connectivity index (χ1) is 8.29. The summed E-state index contributed by atoms with van der Waals surface area (Å²) in [6.07, 6.45) is -4.15. The fourth-order valence-corrected chi connectivity index (χ4v) is 1.91. The molecule has 1 aliphatic heterocycles. The van der Waals surface area contributed by atoms with Crippen molar-refractivity contribution in [2.24, 2.45) is 5.92 Å². The number of nitrogens with zero attached hydrogens (tertiary/aromatic N) is 1. The molecule has 4 nitrogen and oxygen atoms in total. The van der Waals surface area contributed by atoms with E-state index in [0.29, 0.717) is 13.1 Å². The van der Waals surface area contributed by atoms with Crippen molar-refractivity contribution in [3.8, 4) is 0 Å². The van der Waals surface area contributed by atoms with Gasteiger partial charge in [-0.2, -0.15) is 13.2 Å². The minimum atomic E-state index is -4.35. The number of likely N-dealkylation sites (tertiary alicyclic amines) is 1. The third-order valence-corrected chi connectivity index (χ3v) is 2.99. The summed E-state index contributed by atoms with van der Waals surface area (Å²) in [5.74, 6) is -0.162. The van der Waals surface area contributed by atoms with Crippen LogP contribution >= 0.6 is 0 Å². The number of hydrogen-bond donors (Lipinski definition) is 1. The minimum Gasteiger partial charge on any atom is -0.393 e. The van der Waals surface area contributed by atoms with Crippen molar-refractivity contribution in [1.82, 2.24) is 4.90 Å². The van der Waals surface area contributed by atoms with Gasteiger partial charge in [-0.15, -0.1) is 0 Å². The van der Waals surface area contributed by atoms with Gasteiger partial charge in [0, 0.05) is 19.0 Å². The van der Waals surface area contributed by atoms with E-state index in [2.05, 4.69) is 4.74 Å². The zero-order valence-electron chi connectivity index (χ0n) is 10.2. The molecule has 0 saturated carbocycles. The quantitative estimate of drug-likeness (QED) is 0.763. The Balaban J connectivity index is 2.18. The first-order valence-corrected chi connectivity index (χ1v) is 5.90. The summed E-state index contributed by atoms with van der Waals surface area (Å²) < 4.78 is 39.7. The van der Waals surface area contributed by atoms with E-state index >= 15 is 0 Å². The Morgan fingerprint density at radius 3 is 2.72 bits per heavy atom. The van der Waals surface area contributed by atoms with E-state index < -0.39 is 18.9 Å². The average molecular weight is 269 g/mol. The van der Waals surface area contributed by atoms with Gasteiger partial charge in [0.05, 0.1) is 19.1 Å². The van der Waals surface area contributed by atoms with E-state index in [1.54, 1.807) is 11.8 Å². The number of carbonyl (C=O) groups excluding carboxylic acids is 1. The predicted molar refractivity (Wildman–Crippen MR) is 57.9 cm³/mol. The summed E-state index contributed by atoms with van der Waals surface area (Å²) in [5, 5.41) is 9.37. The lowest BCUT2D eigenvalue weighted by atomic mass is 10.0. The van der Waals surface area contributed by atoms with Crippen LogP contribution in [0.5, 0.6) is 0 Å². The smallest absolute Gasteiger partial charge is 0.393 e. The molecular formula is C11H18F3NO3. The number of carbonyl (C=O) groups is 1. The summed E-state index contributed by atoms with van der Waals surface area (Å²) in [4.78, 5) is 13.2. The molecule has 1 rings (SSSR count). The Bertz CT molecular complexity index is 281. The highest BCUT2D eigenvalue weighted by atomic mass is 19.4. The van der Waals surface area contributed by atoms with Crippen molar-refractivity contribution in [3.63, 3.8) is 0 Å². The molecule has 1 amide bonds. The van der Waals surface area contributed by atoms with Crippen LogP contribution in [-0.4, -0.2) is 54.5 Å². The number of aliphatic hydroxyl groups is 1. The van der Waals surface area contributed by atoms with Crippen LogP contribution in [0.25, 0.3) is 0 Å². The van der Waals surface area contributed by atoms with Crippen LogP contribution in [0.2, 0.25) is 0 Å². The number of amides is 1. The second-order valence-corrected chi connectivity index (χ2v) is 4.55. The number of halogens is 3. The Kier molecular flexibility index (Phi) is 5.40. The van der Waals surface area contributed by atoms with Crippen LogP contribution in [0, 0.1) is 5.92 Å². The number of aliphatic hydroxyl groups excluding tert-OH is 1. The largest absolute Gasteiger partial charge is 0.411 e. The van der Waals surface area contributed by atoms with Crippen LogP contribution in [-0.2, 0) is 9.53 Å². The SMILES string of the molecule is CC(O)C1CCN(C(=O)CCOCC(F)(F)F)C1. The lowest BCUT2D eigenvalue weighted by Crippen LogP contribution is -2.31. The molecule has 0 aromatic heterocycles. The van der Waals surface area contributed by atoms with E-state index in [1.165, 1.54) is 0 Å². The highest BCUT2D eigenvalue weighted by molar-refractivity contribution is 5.76. The molecule has 7 heteroatoms. The second kappa shape index (κ2) is 6.38. The van der Waals surface area contributed by atoms with E-state index in [0.717, 1.165) is 6.42 Å². The first kappa shape index (κ1) is 15.2. The zero-order valence-corrected chi connectivity index (χ0v) is 10.2. The third kappa shape index (κ3) is 5.22. The van der Waals surface area contributed by atoms with Crippen molar-refractivity contribution in [1.29, 1.82) is 0 Å². The van der Waals surface area contributed by atoms with E-state index in [9.17, 15) is 23.1 Å². The standard InChI is InChI=1S/C11H18F3NO3/c1-8(16)9-2-4-15(6-9)10(17)3-5-18-7-11(12,13)14/h8-9,16H,2-7H2,1H3. The molecule has 0 aromatic carbocycles. The van der Waals surface area contributed by atoms with Gasteiger partial charge >= 0.3 is 6.18 Å². The monoisotopic (exact) mass is 269 g/mol. The van der Waals surface area contributed by atoms with Gasteiger partial charge in [-0.05, 0) is 13.3 Å². The second-order valence-electron chi connectivity index (χ2n) is 4.55. The molecule has 106 valence electrons. The fourth-order valence-electron chi connectivity index (χ4n) is 1.91. The van der Waals surface area contributed by atoms with Gasteiger partial charge in [-0.1, -0.05) is 0 Å². The Morgan fingerprint density at radius 2 is 2.22 bits per heavy atom. The number of ether oxygens (including phenoxy) is 1. The van der Waals surface area contributed by atoms with E-state index in [-0.39, 0.29) is 24.9 Å². The zero-order chi connectivity index (χ0) is 13.8. The maximum Gasteiger partial charge on any atom is 0.411 e. The fraction of sp³-hybridized carbons (Fsp3) is 0.909. The molecule has 18 heavy (non-hydrogen) atoms. The van der Waals surface area contributed by atoms with Gasteiger partial charge in [-0.3, -0.25) is 4.79 Å². The lowest BCUT2D eigenvalue weighted by molar-refractivity contribution is -0.175. The highest BCUT2D eigenvalue weighted by Crippen LogP contribution is 2.20. The summed E-state index contributed by atoms with van der Waals surface area (Å²) in [5.41, 5.74) is 0. The van der Waals surface area contributed by atoms with Crippen LogP contribution < -0.4 is 0 Å². The highest BCUT2D eigenvalue weighted by Gasteiger charge is 2.30. The first-order valence-electron chi connectivity index (χ1n) is 5.90. The summed E-state index contributed by atoms with van der Waals surface area (Å²) in [6, 6.07) is 0. The van der Waals surface area contributed by atoms with Crippen molar-refractivity contribution in [3.05, 3.63) is 0 Å². The molecule has 1 fully saturated rings. The van der Waals surface area contributed by atoms with Crippen molar-refractivity contribution in [2.45, 2.75) is 32.0 Å². The molecule has 1 N–H and O–H groups in total. The maximum atomic E-state index is 11.8. The van der Waals surface area contributed by atoms with Gasteiger partial charge < -0.3 is 14.7 Å². The normalized spacial score (nSPS) is 22.3. The molecule has 0 radical (unpaired) electrons. The van der Waals surface area contributed by atoms with Crippen LogP contribution in [0.4, 0.5) is 13.2 Å². The van der Waals surface area contributed by atoms with Crippen LogP contribution in [0.3, 0.4) is 0 Å². The van der Waals surface area contributed by atoms with Gasteiger partial charge in [0.15, 0.2) is 0 Å². The molecular weight excluding hydrogens is 251 g/mol. The van der Waals surface area contributed by atoms with Gasteiger partial charge in [0.2, 0.25) is 5.91 Å². The number of alkyl halides is 3. The van der Waals surface area contributed by atoms with E-state index in [4.69, 9.17) is 0 Å². The summed E-state index contributed by atoms with van der Waals surface area (Å²) in [7, 11) is 0. The number of rotatable bonds is 5. The lowest BCUT2D eigenvalue weighted by Gasteiger charge is -2.17. The van der Waals surface area contributed by atoms with Crippen molar-refractivity contribution >= 4 is 5.91 Å². The minimum absolute atomic E-state index is 0.0530. The molecule has 1 aliphatic rings. The third-order valence-electron chi connectivity index (χ3n) is 2.99. The van der Waals surface area contributed by atoms with E-state index in [1.807, 2.05) is 0 Å². The molecule has 1 heterocycles. The van der Waals surface area contributed by atoms with Gasteiger partial charge in [0.25, 0.3) is 0 Å². The topological polar surface area (TPSA) is 49.8 Å². The van der Waals surface area contributed by atoms with Crippen molar-refractivity contribution in [2.75, 3.05) is 26.3 Å².